The first kappa shape index (κ1) is 16.4. The molecule has 7 heteroatoms. The Bertz CT molecular complexity index is 592. The van der Waals surface area contributed by atoms with Crippen molar-refractivity contribution in [1.29, 1.82) is 0 Å². The third-order valence-corrected chi connectivity index (χ3v) is 7.01. The predicted molar refractivity (Wildman–Crippen MR) is 87.3 cm³/mol. The first-order valence-electron chi connectivity index (χ1n) is 6.44. The molecule has 0 N–H and O–H groups in total. The minimum atomic E-state index is -3.46. The van der Waals surface area contributed by atoms with Crippen LogP contribution in [0.2, 0.25) is 0 Å². The number of benzene rings is 1. The first-order chi connectivity index (χ1) is 9.32. The minimum absolute atomic E-state index is 0.309. The highest BCUT2D eigenvalue weighted by molar-refractivity contribution is 9.11. The summed E-state index contributed by atoms with van der Waals surface area (Å²) in [5.41, 5.74) is 0. The van der Waals surface area contributed by atoms with E-state index in [1.165, 1.54) is 4.31 Å². The van der Waals surface area contributed by atoms with Crippen LogP contribution in [0.3, 0.4) is 0 Å². The van der Waals surface area contributed by atoms with Crippen LogP contribution in [0.5, 0.6) is 0 Å². The van der Waals surface area contributed by atoms with Gasteiger partial charge in [0.2, 0.25) is 10.0 Å². The Morgan fingerprint density at radius 3 is 2.65 bits per heavy atom. The summed E-state index contributed by atoms with van der Waals surface area (Å²) in [6, 6.07) is 5.43. The van der Waals surface area contributed by atoms with Crippen molar-refractivity contribution in [2.45, 2.75) is 23.8 Å². The van der Waals surface area contributed by atoms with Crippen LogP contribution in [-0.2, 0) is 10.0 Å². The summed E-state index contributed by atoms with van der Waals surface area (Å²) in [6.45, 7) is 1.57. The SMILES string of the molecule is CN1CCCC1CN(C)S(=O)(=O)c1ccc(Br)cc1Br. The van der Waals surface area contributed by atoms with E-state index in [0.29, 0.717) is 22.0 Å². The van der Waals surface area contributed by atoms with Crippen LogP contribution >= 0.6 is 31.9 Å². The summed E-state index contributed by atoms with van der Waals surface area (Å²) in [4.78, 5) is 2.53. The van der Waals surface area contributed by atoms with E-state index in [0.717, 1.165) is 23.9 Å². The fraction of sp³-hybridized carbons (Fsp3) is 0.538. The van der Waals surface area contributed by atoms with Crippen molar-refractivity contribution in [3.63, 3.8) is 0 Å². The number of halogens is 2. The predicted octanol–water partition coefficient (Wildman–Crippen LogP) is 2.93. The van der Waals surface area contributed by atoms with Crippen LogP contribution in [0.15, 0.2) is 32.0 Å². The Labute approximate surface area is 137 Å². The van der Waals surface area contributed by atoms with Gasteiger partial charge in [0.1, 0.15) is 0 Å². The molecule has 2 rings (SSSR count). The van der Waals surface area contributed by atoms with E-state index in [1.54, 1.807) is 25.2 Å². The molecule has 1 aliphatic rings. The second kappa shape index (κ2) is 6.44. The Hall–Kier alpha value is 0.0500. The number of likely N-dealkylation sites (tertiary alicyclic amines) is 1. The lowest BCUT2D eigenvalue weighted by atomic mass is 10.2. The van der Waals surface area contributed by atoms with Crippen molar-refractivity contribution >= 4 is 41.9 Å². The summed E-state index contributed by atoms with van der Waals surface area (Å²) in [5.74, 6) is 0. The molecule has 1 aromatic carbocycles. The van der Waals surface area contributed by atoms with Crippen molar-refractivity contribution in [2.75, 3.05) is 27.2 Å². The van der Waals surface area contributed by atoms with Gasteiger partial charge in [0.05, 0.1) is 4.90 Å². The molecule has 0 bridgehead atoms. The zero-order chi connectivity index (χ0) is 14.9. The lowest BCUT2D eigenvalue weighted by molar-refractivity contribution is 0.271. The first-order valence-corrected chi connectivity index (χ1v) is 9.46. The molecule has 1 unspecified atom stereocenters. The smallest absolute Gasteiger partial charge is 0.243 e. The molecule has 1 aromatic rings. The molecule has 20 heavy (non-hydrogen) atoms. The van der Waals surface area contributed by atoms with Crippen LogP contribution in [0.4, 0.5) is 0 Å². The maximum atomic E-state index is 12.6. The number of sulfonamides is 1. The highest BCUT2D eigenvalue weighted by atomic mass is 79.9. The van der Waals surface area contributed by atoms with Crippen LogP contribution in [-0.4, -0.2) is 50.8 Å². The van der Waals surface area contributed by atoms with Gasteiger partial charge in [-0.1, -0.05) is 15.9 Å². The average Bonchev–Trinajstić information content (AvgIpc) is 2.74. The van der Waals surface area contributed by atoms with Gasteiger partial charge in [0, 0.05) is 28.6 Å². The molecule has 0 radical (unpaired) electrons. The van der Waals surface area contributed by atoms with E-state index in [1.807, 2.05) is 7.05 Å². The Balaban J connectivity index is 2.20. The van der Waals surface area contributed by atoms with Gasteiger partial charge in [0.15, 0.2) is 0 Å². The van der Waals surface area contributed by atoms with Crippen LogP contribution < -0.4 is 0 Å². The molecule has 1 heterocycles. The minimum Gasteiger partial charge on any atom is -0.302 e. The highest BCUT2D eigenvalue weighted by Gasteiger charge is 2.29. The Morgan fingerprint density at radius 1 is 1.40 bits per heavy atom. The standard InChI is InChI=1S/C13H18Br2N2O2S/c1-16-7-3-4-11(16)9-17(2)20(18,19)13-6-5-10(14)8-12(13)15/h5-6,8,11H,3-4,7,9H2,1-2H3. The quantitative estimate of drug-likeness (QED) is 0.744. The zero-order valence-electron chi connectivity index (χ0n) is 11.5. The van der Waals surface area contributed by atoms with Gasteiger partial charge in [-0.25, -0.2) is 8.42 Å². The van der Waals surface area contributed by atoms with Gasteiger partial charge >= 0.3 is 0 Å². The lowest BCUT2D eigenvalue weighted by Gasteiger charge is -2.25. The second-order valence-electron chi connectivity index (χ2n) is 5.14. The maximum absolute atomic E-state index is 12.6. The van der Waals surface area contributed by atoms with Gasteiger partial charge in [-0.2, -0.15) is 4.31 Å². The molecule has 1 atom stereocenters. The third kappa shape index (κ3) is 3.44. The fourth-order valence-corrected chi connectivity index (χ4v) is 5.37. The molecular weight excluding hydrogens is 408 g/mol. The topological polar surface area (TPSA) is 40.6 Å². The van der Waals surface area contributed by atoms with Crippen molar-refractivity contribution in [3.8, 4) is 0 Å². The molecule has 1 fully saturated rings. The summed E-state index contributed by atoms with van der Waals surface area (Å²) in [7, 11) is 0.240. The molecule has 112 valence electrons. The van der Waals surface area contributed by atoms with Crippen molar-refractivity contribution in [1.82, 2.24) is 9.21 Å². The zero-order valence-corrected chi connectivity index (χ0v) is 15.5. The van der Waals surface area contributed by atoms with E-state index < -0.39 is 10.0 Å². The van der Waals surface area contributed by atoms with E-state index in [9.17, 15) is 8.42 Å². The molecule has 0 amide bonds. The monoisotopic (exact) mass is 424 g/mol. The molecule has 0 aliphatic carbocycles. The van der Waals surface area contributed by atoms with Crippen molar-refractivity contribution in [2.24, 2.45) is 0 Å². The molecular formula is C13H18Br2N2O2S. The van der Waals surface area contributed by atoms with Crippen LogP contribution in [0.25, 0.3) is 0 Å². The van der Waals surface area contributed by atoms with E-state index in [4.69, 9.17) is 0 Å². The molecule has 1 aliphatic heterocycles. The maximum Gasteiger partial charge on any atom is 0.243 e. The fourth-order valence-electron chi connectivity index (χ4n) is 2.46. The van der Waals surface area contributed by atoms with Crippen molar-refractivity contribution in [3.05, 3.63) is 27.1 Å². The lowest BCUT2D eigenvalue weighted by Crippen LogP contribution is -2.39. The number of hydrogen-bond donors (Lipinski definition) is 0. The van der Waals surface area contributed by atoms with Gasteiger partial charge in [-0.3, -0.25) is 0 Å². The third-order valence-electron chi connectivity index (χ3n) is 3.72. The number of likely N-dealkylation sites (N-methyl/N-ethyl adjacent to an activating group) is 2. The highest BCUT2D eigenvalue weighted by Crippen LogP contribution is 2.28. The summed E-state index contributed by atoms with van der Waals surface area (Å²) in [6.07, 6.45) is 2.19. The number of nitrogens with zero attached hydrogens (tertiary/aromatic N) is 2. The summed E-state index contributed by atoms with van der Waals surface area (Å²) < 4.78 is 28.1. The second-order valence-corrected chi connectivity index (χ2v) is 8.92. The Kier molecular flexibility index (Phi) is 5.29. The Morgan fingerprint density at radius 2 is 2.10 bits per heavy atom. The molecule has 0 saturated carbocycles. The van der Waals surface area contributed by atoms with E-state index in [-0.39, 0.29) is 0 Å². The van der Waals surface area contributed by atoms with E-state index >= 15 is 0 Å². The van der Waals surface area contributed by atoms with Crippen LogP contribution in [0.1, 0.15) is 12.8 Å². The number of rotatable bonds is 4. The van der Waals surface area contributed by atoms with Gasteiger partial charge < -0.3 is 4.90 Å². The van der Waals surface area contributed by atoms with E-state index in [2.05, 4.69) is 36.8 Å². The van der Waals surface area contributed by atoms with Gasteiger partial charge in [0.25, 0.3) is 0 Å². The summed E-state index contributed by atoms with van der Waals surface area (Å²) >= 11 is 6.66. The number of hydrogen-bond acceptors (Lipinski definition) is 3. The molecule has 0 spiro atoms. The van der Waals surface area contributed by atoms with Crippen LogP contribution in [0, 0.1) is 0 Å². The normalized spacial score (nSPS) is 20.8. The average molecular weight is 426 g/mol. The van der Waals surface area contributed by atoms with Crippen molar-refractivity contribution < 1.29 is 8.42 Å². The summed E-state index contributed by atoms with van der Waals surface area (Å²) in [5, 5.41) is 0. The largest absolute Gasteiger partial charge is 0.302 e. The van der Waals surface area contributed by atoms with Gasteiger partial charge in [-0.05, 0) is 60.6 Å². The molecule has 1 saturated heterocycles. The molecule has 4 nitrogen and oxygen atoms in total. The molecule has 0 aromatic heterocycles. The van der Waals surface area contributed by atoms with Gasteiger partial charge in [-0.15, -0.1) is 0 Å².